The second kappa shape index (κ2) is 9.90. The molecule has 3 heterocycles. The van der Waals surface area contributed by atoms with Crippen molar-refractivity contribution in [3.8, 4) is 0 Å². The predicted molar refractivity (Wildman–Crippen MR) is 135 cm³/mol. The van der Waals surface area contributed by atoms with Crippen LogP contribution >= 0.6 is 11.6 Å². The highest BCUT2D eigenvalue weighted by molar-refractivity contribution is 6.31. The van der Waals surface area contributed by atoms with Crippen molar-refractivity contribution in [2.75, 3.05) is 26.2 Å². The van der Waals surface area contributed by atoms with Crippen molar-refractivity contribution in [1.82, 2.24) is 14.4 Å². The molecule has 0 atom stereocenters. The molecule has 4 nitrogen and oxygen atoms in total. The number of rotatable bonds is 5. The highest BCUT2D eigenvalue weighted by Crippen LogP contribution is 2.29. The molecule has 1 amide bonds. The number of fused-ring (bicyclic) bond motifs is 1. The van der Waals surface area contributed by atoms with Gasteiger partial charge in [-0.3, -0.25) is 9.69 Å². The molecule has 0 unspecified atom stereocenters. The Balaban J connectivity index is 1.11. The van der Waals surface area contributed by atoms with Crippen molar-refractivity contribution in [1.29, 1.82) is 0 Å². The van der Waals surface area contributed by atoms with Gasteiger partial charge >= 0.3 is 0 Å². The van der Waals surface area contributed by atoms with Crippen molar-refractivity contribution in [3.63, 3.8) is 0 Å². The number of amides is 1. The summed E-state index contributed by atoms with van der Waals surface area (Å²) in [5.41, 5.74) is 3.96. The lowest BCUT2D eigenvalue weighted by atomic mass is 9.88. The maximum atomic E-state index is 13.2. The van der Waals surface area contributed by atoms with Gasteiger partial charge in [0.15, 0.2) is 0 Å². The average molecular weight is 464 g/mol. The van der Waals surface area contributed by atoms with Gasteiger partial charge in [-0.1, -0.05) is 41.9 Å². The Kier molecular flexibility index (Phi) is 6.75. The van der Waals surface area contributed by atoms with Gasteiger partial charge in [0, 0.05) is 54.7 Å². The zero-order valence-electron chi connectivity index (χ0n) is 19.5. The van der Waals surface area contributed by atoms with Crippen LogP contribution in [0.4, 0.5) is 0 Å². The lowest BCUT2D eigenvalue weighted by Crippen LogP contribution is -2.45. The van der Waals surface area contributed by atoms with Gasteiger partial charge in [0.25, 0.3) is 0 Å². The lowest BCUT2D eigenvalue weighted by molar-refractivity contribution is -0.138. The van der Waals surface area contributed by atoms with Gasteiger partial charge in [0.1, 0.15) is 0 Å². The number of benzene rings is 2. The lowest BCUT2D eigenvalue weighted by Gasteiger charge is -2.37. The topological polar surface area (TPSA) is 28.5 Å². The van der Waals surface area contributed by atoms with E-state index in [1.807, 2.05) is 6.07 Å². The molecule has 1 aromatic heterocycles. The molecule has 2 aromatic carbocycles. The number of hydrogen-bond donors (Lipinski definition) is 0. The van der Waals surface area contributed by atoms with E-state index in [4.69, 9.17) is 11.6 Å². The molecule has 0 radical (unpaired) electrons. The molecule has 0 spiro atoms. The predicted octanol–water partition coefficient (Wildman–Crippen LogP) is 5.53. The van der Waals surface area contributed by atoms with Crippen LogP contribution < -0.4 is 0 Å². The number of aromatic nitrogens is 1. The van der Waals surface area contributed by atoms with E-state index in [-0.39, 0.29) is 5.92 Å². The van der Waals surface area contributed by atoms with Gasteiger partial charge < -0.3 is 9.47 Å². The fourth-order valence-corrected chi connectivity index (χ4v) is 5.89. The summed E-state index contributed by atoms with van der Waals surface area (Å²) >= 11 is 6.25. The van der Waals surface area contributed by atoms with Crippen molar-refractivity contribution < 1.29 is 4.79 Å². The first kappa shape index (κ1) is 22.5. The Labute approximate surface area is 202 Å². The summed E-state index contributed by atoms with van der Waals surface area (Å²) in [4.78, 5) is 17.8. The summed E-state index contributed by atoms with van der Waals surface area (Å²) in [5.74, 6) is 1.28. The normalized spacial score (nSPS) is 18.8. The zero-order chi connectivity index (χ0) is 22.8. The van der Waals surface area contributed by atoms with E-state index in [1.165, 1.54) is 22.0 Å². The Morgan fingerprint density at radius 3 is 2.42 bits per heavy atom. The maximum Gasteiger partial charge on any atom is 0.225 e. The van der Waals surface area contributed by atoms with E-state index < -0.39 is 0 Å². The summed E-state index contributed by atoms with van der Waals surface area (Å²) in [6.45, 7) is 4.74. The minimum Gasteiger partial charge on any atom is -0.350 e. The smallest absolute Gasteiger partial charge is 0.225 e. The largest absolute Gasteiger partial charge is 0.350 e. The second-order valence-electron chi connectivity index (χ2n) is 9.94. The summed E-state index contributed by atoms with van der Waals surface area (Å²) in [5, 5.41) is 2.02. The van der Waals surface area contributed by atoms with Crippen LogP contribution in [0.5, 0.6) is 0 Å². The van der Waals surface area contributed by atoms with Gasteiger partial charge in [-0.05, 0) is 80.4 Å². The van der Waals surface area contributed by atoms with E-state index in [2.05, 4.69) is 70.1 Å². The monoisotopic (exact) mass is 463 g/mol. The molecule has 0 bridgehead atoms. The van der Waals surface area contributed by atoms with E-state index in [9.17, 15) is 4.79 Å². The molecular weight excluding hydrogens is 430 g/mol. The molecule has 3 aromatic rings. The molecule has 5 rings (SSSR count). The molecule has 0 aliphatic carbocycles. The molecule has 0 N–H and O–H groups in total. The van der Waals surface area contributed by atoms with E-state index in [1.54, 1.807) is 0 Å². The highest BCUT2D eigenvalue weighted by atomic mass is 35.5. The second-order valence-corrected chi connectivity index (χ2v) is 10.4. The number of aryl methyl sites for hydroxylation is 1. The third-order valence-corrected chi connectivity index (χ3v) is 7.89. The molecule has 2 fully saturated rings. The fourth-order valence-electron chi connectivity index (χ4n) is 5.71. The average Bonchev–Trinajstić information content (AvgIpc) is 3.14. The summed E-state index contributed by atoms with van der Waals surface area (Å²) in [6, 6.07) is 16.9. The van der Waals surface area contributed by atoms with E-state index in [0.717, 1.165) is 69.9 Å². The van der Waals surface area contributed by atoms with Crippen LogP contribution in [0, 0.1) is 11.8 Å². The van der Waals surface area contributed by atoms with Crippen molar-refractivity contribution >= 4 is 28.4 Å². The summed E-state index contributed by atoms with van der Waals surface area (Å²) in [6.07, 6.45) is 7.55. The first-order valence-corrected chi connectivity index (χ1v) is 12.7. The minimum atomic E-state index is 0.189. The maximum absolute atomic E-state index is 13.2. The molecule has 2 saturated heterocycles. The van der Waals surface area contributed by atoms with Crippen LogP contribution in [0.3, 0.4) is 0 Å². The minimum absolute atomic E-state index is 0.189. The van der Waals surface area contributed by atoms with Gasteiger partial charge in [0.2, 0.25) is 5.91 Å². The van der Waals surface area contributed by atoms with Gasteiger partial charge in [-0.2, -0.15) is 0 Å². The third kappa shape index (κ3) is 5.12. The van der Waals surface area contributed by atoms with Crippen LogP contribution in [-0.4, -0.2) is 46.5 Å². The van der Waals surface area contributed by atoms with E-state index in [0.29, 0.717) is 11.8 Å². The van der Waals surface area contributed by atoms with Crippen molar-refractivity contribution in [2.45, 2.75) is 38.6 Å². The molecule has 2 aliphatic heterocycles. The van der Waals surface area contributed by atoms with Crippen LogP contribution in [0.15, 0.2) is 54.7 Å². The first-order valence-electron chi connectivity index (χ1n) is 12.4. The van der Waals surface area contributed by atoms with Crippen LogP contribution in [0.1, 0.15) is 36.8 Å². The standard InChI is InChI=1S/C28H34ClN3O/c1-30-19-24(26-18-25(29)7-8-27(26)30)20-31-13-11-23(12-14-31)28(33)32-15-9-22(10-16-32)17-21-5-3-2-4-6-21/h2-8,18-19,22-23H,9-17,20H2,1H3. The zero-order valence-corrected chi connectivity index (χ0v) is 20.3. The van der Waals surface area contributed by atoms with Gasteiger partial charge in [-0.15, -0.1) is 0 Å². The number of carbonyl (C=O) groups excluding carboxylic acids is 1. The fraction of sp³-hybridized carbons (Fsp3) is 0.464. The highest BCUT2D eigenvalue weighted by Gasteiger charge is 2.31. The molecule has 174 valence electrons. The van der Waals surface area contributed by atoms with Crippen molar-refractivity contribution in [2.24, 2.45) is 18.9 Å². The number of hydrogen-bond acceptors (Lipinski definition) is 2. The summed E-state index contributed by atoms with van der Waals surface area (Å²) < 4.78 is 2.18. The molecule has 2 aliphatic rings. The molecule has 33 heavy (non-hydrogen) atoms. The first-order chi connectivity index (χ1) is 16.1. The van der Waals surface area contributed by atoms with E-state index >= 15 is 0 Å². The molecule has 5 heteroatoms. The van der Waals surface area contributed by atoms with Gasteiger partial charge in [0.05, 0.1) is 0 Å². The Morgan fingerprint density at radius 2 is 1.70 bits per heavy atom. The number of piperidine rings is 2. The van der Waals surface area contributed by atoms with Crippen LogP contribution in [0.2, 0.25) is 5.02 Å². The molecular formula is C28H34ClN3O. The SMILES string of the molecule is Cn1cc(CN2CCC(C(=O)N3CCC(Cc4ccccc4)CC3)CC2)c2cc(Cl)ccc21. The molecule has 0 saturated carbocycles. The van der Waals surface area contributed by atoms with Gasteiger partial charge in [-0.25, -0.2) is 0 Å². The summed E-state index contributed by atoms with van der Waals surface area (Å²) in [7, 11) is 2.09. The van der Waals surface area contributed by atoms with Crippen LogP contribution in [0.25, 0.3) is 10.9 Å². The number of carbonyl (C=O) groups is 1. The number of likely N-dealkylation sites (tertiary alicyclic amines) is 2. The quantitative estimate of drug-likeness (QED) is 0.498. The Hall–Kier alpha value is -2.30. The Morgan fingerprint density at radius 1 is 0.970 bits per heavy atom. The van der Waals surface area contributed by atoms with Crippen LogP contribution in [-0.2, 0) is 24.8 Å². The third-order valence-electron chi connectivity index (χ3n) is 7.66. The number of nitrogens with zero attached hydrogens (tertiary/aromatic N) is 3. The van der Waals surface area contributed by atoms with Crippen molar-refractivity contribution in [3.05, 3.63) is 70.9 Å². The number of halogens is 1. The Bertz CT molecular complexity index is 1090.